The zero-order valence-corrected chi connectivity index (χ0v) is 19.5. The average molecular weight is 443 g/mol. The molecule has 0 aliphatic rings. The molecule has 3 aromatic carbocycles. The third-order valence-electron chi connectivity index (χ3n) is 5.43. The number of unbranched alkanes of at least 4 members (excludes halogenated alkanes) is 4. The summed E-state index contributed by atoms with van der Waals surface area (Å²) in [6.07, 6.45) is 9.91. The molecule has 0 atom stereocenters. The quantitative estimate of drug-likeness (QED) is 0.189. The molecule has 3 heteroatoms. The van der Waals surface area contributed by atoms with Gasteiger partial charge in [0.05, 0.1) is 0 Å². The van der Waals surface area contributed by atoms with E-state index in [0.29, 0.717) is 31.1 Å². The number of allylic oxidation sites excluding steroid dienone is 1. The number of rotatable bonds is 14. The maximum atomic E-state index is 12.2. The molecule has 0 heterocycles. The van der Waals surface area contributed by atoms with E-state index in [1.165, 1.54) is 19.3 Å². The zero-order chi connectivity index (χ0) is 23.1. The van der Waals surface area contributed by atoms with Crippen LogP contribution in [0.3, 0.4) is 0 Å². The Morgan fingerprint density at radius 2 is 1.33 bits per heavy atom. The molecule has 0 radical (unpaired) electrons. The Labute approximate surface area is 198 Å². The SMILES string of the molecule is CCCCCCCC(=O)C=Cc1ccc(OCc2ccccc2)c(OCc2ccccc2)c1. The highest BCUT2D eigenvalue weighted by Crippen LogP contribution is 2.30. The van der Waals surface area contributed by atoms with Crippen LogP contribution in [0.25, 0.3) is 6.08 Å². The van der Waals surface area contributed by atoms with E-state index in [9.17, 15) is 4.79 Å². The van der Waals surface area contributed by atoms with Crippen molar-refractivity contribution < 1.29 is 14.3 Å². The largest absolute Gasteiger partial charge is 0.485 e. The van der Waals surface area contributed by atoms with Crippen LogP contribution in [-0.4, -0.2) is 5.78 Å². The van der Waals surface area contributed by atoms with Crippen molar-refractivity contribution in [3.05, 3.63) is 102 Å². The van der Waals surface area contributed by atoms with E-state index in [0.717, 1.165) is 29.5 Å². The molecule has 0 N–H and O–H groups in total. The second-order valence-corrected chi connectivity index (χ2v) is 8.22. The number of ketones is 1. The summed E-state index contributed by atoms with van der Waals surface area (Å²) in [6.45, 7) is 3.12. The Bertz CT molecular complexity index is 994. The molecule has 3 rings (SSSR count). The van der Waals surface area contributed by atoms with Crippen LogP contribution < -0.4 is 9.47 Å². The van der Waals surface area contributed by atoms with Crippen molar-refractivity contribution in [3.8, 4) is 11.5 Å². The van der Waals surface area contributed by atoms with Crippen molar-refractivity contribution in [2.45, 2.75) is 58.7 Å². The summed E-state index contributed by atoms with van der Waals surface area (Å²) in [5.74, 6) is 1.53. The van der Waals surface area contributed by atoms with Gasteiger partial charge in [0.1, 0.15) is 13.2 Å². The van der Waals surface area contributed by atoms with Crippen LogP contribution >= 0.6 is 0 Å². The Morgan fingerprint density at radius 1 is 0.727 bits per heavy atom. The van der Waals surface area contributed by atoms with Gasteiger partial charge in [0.2, 0.25) is 0 Å². The Balaban J connectivity index is 1.65. The van der Waals surface area contributed by atoms with Crippen LogP contribution in [0.5, 0.6) is 11.5 Å². The first-order chi connectivity index (χ1) is 16.2. The molecule has 3 aromatic rings. The third-order valence-corrected chi connectivity index (χ3v) is 5.43. The highest BCUT2D eigenvalue weighted by atomic mass is 16.5. The number of hydrogen-bond donors (Lipinski definition) is 0. The second-order valence-electron chi connectivity index (χ2n) is 8.22. The predicted molar refractivity (Wildman–Crippen MR) is 135 cm³/mol. The molecule has 0 spiro atoms. The van der Waals surface area contributed by atoms with Gasteiger partial charge < -0.3 is 9.47 Å². The molecule has 0 amide bonds. The standard InChI is InChI=1S/C30H34O3/c1-2-3-4-5-12-17-28(31)20-18-25-19-21-29(32-23-26-13-8-6-9-14-26)30(22-25)33-24-27-15-10-7-11-16-27/h6-11,13-16,18-22H,2-5,12,17,23-24H2,1H3. The number of benzene rings is 3. The van der Waals surface area contributed by atoms with Crippen molar-refractivity contribution >= 4 is 11.9 Å². The van der Waals surface area contributed by atoms with Gasteiger partial charge >= 0.3 is 0 Å². The highest BCUT2D eigenvalue weighted by Gasteiger charge is 2.08. The summed E-state index contributed by atoms with van der Waals surface area (Å²) in [5.41, 5.74) is 3.11. The average Bonchev–Trinajstić information content (AvgIpc) is 2.86. The summed E-state index contributed by atoms with van der Waals surface area (Å²) in [4.78, 5) is 12.2. The lowest BCUT2D eigenvalue weighted by atomic mass is 10.1. The van der Waals surface area contributed by atoms with Gasteiger partial charge in [-0.1, -0.05) is 105 Å². The number of carbonyl (C=O) groups excluding carboxylic acids is 1. The lowest BCUT2D eigenvalue weighted by Crippen LogP contribution is -2.01. The molecule has 0 aliphatic carbocycles. The van der Waals surface area contributed by atoms with Crippen LogP contribution in [0.4, 0.5) is 0 Å². The predicted octanol–water partition coefficient (Wildman–Crippen LogP) is 7.79. The molecular weight excluding hydrogens is 408 g/mol. The van der Waals surface area contributed by atoms with E-state index in [1.807, 2.05) is 84.9 Å². The minimum absolute atomic E-state index is 0.169. The summed E-state index contributed by atoms with van der Waals surface area (Å²) < 4.78 is 12.2. The minimum atomic E-state index is 0.169. The van der Waals surface area contributed by atoms with E-state index in [1.54, 1.807) is 6.08 Å². The van der Waals surface area contributed by atoms with Crippen LogP contribution in [0.1, 0.15) is 62.1 Å². The van der Waals surface area contributed by atoms with Gasteiger partial charge in [0, 0.05) is 6.42 Å². The normalized spacial score (nSPS) is 10.9. The minimum Gasteiger partial charge on any atom is -0.485 e. The van der Waals surface area contributed by atoms with E-state index in [-0.39, 0.29) is 5.78 Å². The monoisotopic (exact) mass is 442 g/mol. The van der Waals surface area contributed by atoms with Crippen LogP contribution in [0.2, 0.25) is 0 Å². The van der Waals surface area contributed by atoms with Crippen molar-refractivity contribution in [1.82, 2.24) is 0 Å². The van der Waals surface area contributed by atoms with Gasteiger partial charge in [-0.2, -0.15) is 0 Å². The van der Waals surface area contributed by atoms with Crippen molar-refractivity contribution in [2.24, 2.45) is 0 Å². The molecular formula is C30H34O3. The van der Waals surface area contributed by atoms with Crippen molar-refractivity contribution in [1.29, 1.82) is 0 Å². The zero-order valence-electron chi connectivity index (χ0n) is 19.5. The fraction of sp³-hybridized carbons (Fsp3) is 0.300. The van der Waals surface area contributed by atoms with Gasteiger partial charge in [-0.15, -0.1) is 0 Å². The van der Waals surface area contributed by atoms with Gasteiger partial charge in [-0.05, 0) is 41.3 Å². The molecule has 172 valence electrons. The summed E-state index contributed by atoms with van der Waals surface area (Å²) in [5, 5.41) is 0. The molecule has 0 aliphatic heterocycles. The van der Waals surface area contributed by atoms with Crippen LogP contribution in [0, 0.1) is 0 Å². The Morgan fingerprint density at radius 3 is 1.97 bits per heavy atom. The van der Waals surface area contributed by atoms with Crippen molar-refractivity contribution in [2.75, 3.05) is 0 Å². The first kappa shape index (κ1) is 24.3. The summed E-state index contributed by atoms with van der Waals surface area (Å²) in [7, 11) is 0. The fourth-order valence-corrected chi connectivity index (χ4v) is 3.51. The first-order valence-electron chi connectivity index (χ1n) is 11.9. The van der Waals surface area contributed by atoms with Gasteiger partial charge in [0.15, 0.2) is 17.3 Å². The van der Waals surface area contributed by atoms with E-state index in [4.69, 9.17) is 9.47 Å². The molecule has 3 nitrogen and oxygen atoms in total. The van der Waals surface area contributed by atoms with Gasteiger partial charge in [-0.25, -0.2) is 0 Å². The lowest BCUT2D eigenvalue weighted by molar-refractivity contribution is -0.114. The van der Waals surface area contributed by atoms with E-state index < -0.39 is 0 Å². The number of hydrogen-bond acceptors (Lipinski definition) is 3. The second kappa shape index (κ2) is 13.9. The van der Waals surface area contributed by atoms with Crippen molar-refractivity contribution in [3.63, 3.8) is 0 Å². The highest BCUT2D eigenvalue weighted by molar-refractivity contribution is 5.93. The molecule has 0 unspecified atom stereocenters. The maximum absolute atomic E-state index is 12.2. The Hall–Kier alpha value is -3.33. The molecule has 33 heavy (non-hydrogen) atoms. The van der Waals surface area contributed by atoms with E-state index in [2.05, 4.69) is 6.92 Å². The number of carbonyl (C=O) groups is 1. The van der Waals surface area contributed by atoms with Gasteiger partial charge in [0.25, 0.3) is 0 Å². The smallest absolute Gasteiger partial charge is 0.162 e. The maximum Gasteiger partial charge on any atom is 0.162 e. The first-order valence-corrected chi connectivity index (χ1v) is 11.9. The molecule has 0 aromatic heterocycles. The third kappa shape index (κ3) is 8.97. The molecule has 0 fully saturated rings. The van der Waals surface area contributed by atoms with Crippen LogP contribution in [0.15, 0.2) is 84.9 Å². The molecule has 0 bridgehead atoms. The van der Waals surface area contributed by atoms with Crippen LogP contribution in [-0.2, 0) is 18.0 Å². The summed E-state index contributed by atoms with van der Waals surface area (Å²) >= 11 is 0. The molecule has 0 saturated carbocycles. The van der Waals surface area contributed by atoms with E-state index >= 15 is 0 Å². The number of ether oxygens (including phenoxy) is 2. The lowest BCUT2D eigenvalue weighted by Gasteiger charge is -2.14. The van der Waals surface area contributed by atoms with Gasteiger partial charge in [-0.3, -0.25) is 4.79 Å². The molecule has 0 saturated heterocycles. The Kier molecular flexibility index (Phi) is 10.3. The fourth-order valence-electron chi connectivity index (χ4n) is 3.51. The topological polar surface area (TPSA) is 35.5 Å². The summed E-state index contributed by atoms with van der Waals surface area (Å²) in [6, 6.07) is 25.9.